The lowest BCUT2D eigenvalue weighted by molar-refractivity contribution is 0.0370. The van der Waals surface area contributed by atoms with E-state index in [0.717, 1.165) is 32.8 Å². The molecular weight excluding hydrogens is 246 g/mol. The molecule has 0 spiro atoms. The molecule has 1 aromatic rings. The molecule has 3 rings (SSSR count). The second-order valence-corrected chi connectivity index (χ2v) is 4.70. The molecule has 2 aliphatic rings. The van der Waals surface area contributed by atoms with Crippen LogP contribution in [-0.4, -0.2) is 50.3 Å². The van der Waals surface area contributed by atoms with Gasteiger partial charge in [0.15, 0.2) is 17.3 Å². The van der Waals surface area contributed by atoms with Crippen LogP contribution in [0.25, 0.3) is 0 Å². The minimum atomic E-state index is 0.143. The predicted molar refractivity (Wildman–Crippen MR) is 68.8 cm³/mol. The fourth-order valence-corrected chi connectivity index (χ4v) is 2.30. The molecule has 2 aliphatic heterocycles. The van der Waals surface area contributed by atoms with Crippen molar-refractivity contribution in [2.45, 2.75) is 6.42 Å². The Hall–Kier alpha value is -1.59. The van der Waals surface area contributed by atoms with Crippen molar-refractivity contribution in [3.05, 3.63) is 23.8 Å². The molecular formula is C14H17NO4. The fourth-order valence-electron chi connectivity index (χ4n) is 2.30. The number of hydrogen-bond acceptors (Lipinski definition) is 5. The smallest absolute Gasteiger partial charge is 0.231 e. The monoisotopic (exact) mass is 263 g/mol. The van der Waals surface area contributed by atoms with Gasteiger partial charge in [0.05, 0.1) is 13.2 Å². The fraction of sp³-hybridized carbons (Fsp3) is 0.500. The van der Waals surface area contributed by atoms with E-state index in [2.05, 4.69) is 4.90 Å². The summed E-state index contributed by atoms with van der Waals surface area (Å²) in [5.74, 6) is 1.52. The van der Waals surface area contributed by atoms with Crippen LogP contribution in [0.15, 0.2) is 18.2 Å². The summed E-state index contributed by atoms with van der Waals surface area (Å²) < 4.78 is 15.8. The molecule has 1 fully saturated rings. The lowest BCUT2D eigenvalue weighted by Gasteiger charge is -2.26. The van der Waals surface area contributed by atoms with E-state index >= 15 is 0 Å². The average molecular weight is 263 g/mol. The quantitative estimate of drug-likeness (QED) is 0.767. The highest BCUT2D eigenvalue weighted by Gasteiger charge is 2.17. The van der Waals surface area contributed by atoms with Crippen molar-refractivity contribution in [3.8, 4) is 11.5 Å². The van der Waals surface area contributed by atoms with Crippen LogP contribution >= 0.6 is 0 Å². The van der Waals surface area contributed by atoms with Gasteiger partial charge in [0.25, 0.3) is 0 Å². The zero-order valence-corrected chi connectivity index (χ0v) is 10.8. The van der Waals surface area contributed by atoms with Crippen LogP contribution in [0.5, 0.6) is 11.5 Å². The number of benzene rings is 1. The second-order valence-electron chi connectivity index (χ2n) is 4.70. The molecule has 0 radical (unpaired) electrons. The molecule has 1 aromatic carbocycles. The molecule has 0 unspecified atom stereocenters. The molecule has 0 saturated carbocycles. The van der Waals surface area contributed by atoms with Gasteiger partial charge in [0, 0.05) is 31.6 Å². The Morgan fingerprint density at radius 1 is 1.16 bits per heavy atom. The Labute approximate surface area is 112 Å². The number of rotatable bonds is 4. The van der Waals surface area contributed by atoms with E-state index in [-0.39, 0.29) is 12.6 Å². The number of morpholine rings is 1. The molecule has 5 heteroatoms. The predicted octanol–water partition coefficient (Wildman–Crippen LogP) is 1.32. The molecule has 19 heavy (non-hydrogen) atoms. The van der Waals surface area contributed by atoms with E-state index in [1.807, 2.05) is 0 Å². The van der Waals surface area contributed by atoms with E-state index in [1.54, 1.807) is 18.2 Å². The van der Waals surface area contributed by atoms with Crippen molar-refractivity contribution in [3.63, 3.8) is 0 Å². The Morgan fingerprint density at radius 2 is 1.95 bits per heavy atom. The molecule has 0 amide bonds. The normalized spacial score (nSPS) is 18.5. The summed E-state index contributed by atoms with van der Waals surface area (Å²) in [5.41, 5.74) is 0.692. The summed E-state index contributed by atoms with van der Waals surface area (Å²) in [6, 6.07) is 5.36. The lowest BCUT2D eigenvalue weighted by atomic mass is 10.1. The summed E-state index contributed by atoms with van der Waals surface area (Å²) in [7, 11) is 0. The highest BCUT2D eigenvalue weighted by Crippen LogP contribution is 2.32. The Morgan fingerprint density at radius 3 is 2.79 bits per heavy atom. The lowest BCUT2D eigenvalue weighted by Crippen LogP contribution is -2.37. The Bertz CT molecular complexity index is 469. The zero-order valence-electron chi connectivity index (χ0n) is 10.8. The zero-order chi connectivity index (χ0) is 13.1. The van der Waals surface area contributed by atoms with Crippen molar-refractivity contribution < 1.29 is 19.0 Å². The van der Waals surface area contributed by atoms with Crippen LogP contribution in [0.2, 0.25) is 0 Å². The van der Waals surface area contributed by atoms with Gasteiger partial charge in [0.1, 0.15) is 0 Å². The third kappa shape index (κ3) is 2.88. The molecule has 0 atom stereocenters. The third-order valence-corrected chi connectivity index (χ3v) is 3.45. The van der Waals surface area contributed by atoms with Crippen molar-refractivity contribution in [2.24, 2.45) is 0 Å². The van der Waals surface area contributed by atoms with Gasteiger partial charge in [-0.3, -0.25) is 9.69 Å². The highest BCUT2D eigenvalue weighted by atomic mass is 16.7. The van der Waals surface area contributed by atoms with E-state index in [1.165, 1.54) is 0 Å². The van der Waals surface area contributed by atoms with Crippen LogP contribution in [-0.2, 0) is 4.74 Å². The average Bonchev–Trinajstić information content (AvgIpc) is 2.93. The summed E-state index contributed by atoms with van der Waals surface area (Å²) in [6.07, 6.45) is 0.527. The maximum Gasteiger partial charge on any atom is 0.231 e. The number of carbonyl (C=O) groups is 1. The minimum absolute atomic E-state index is 0.143. The van der Waals surface area contributed by atoms with Crippen LogP contribution in [0.3, 0.4) is 0 Å². The Balaban J connectivity index is 1.57. The maximum atomic E-state index is 12.1. The first kappa shape index (κ1) is 12.4. The third-order valence-electron chi connectivity index (χ3n) is 3.45. The number of hydrogen-bond donors (Lipinski definition) is 0. The van der Waals surface area contributed by atoms with Gasteiger partial charge in [0.2, 0.25) is 6.79 Å². The van der Waals surface area contributed by atoms with Gasteiger partial charge in [-0.15, -0.1) is 0 Å². The summed E-state index contributed by atoms with van der Waals surface area (Å²) >= 11 is 0. The number of nitrogens with zero attached hydrogens (tertiary/aromatic N) is 1. The first-order chi connectivity index (χ1) is 9.33. The minimum Gasteiger partial charge on any atom is -0.454 e. The Kier molecular flexibility index (Phi) is 3.66. The van der Waals surface area contributed by atoms with Crippen molar-refractivity contribution in [1.29, 1.82) is 0 Å². The molecule has 0 aliphatic carbocycles. The van der Waals surface area contributed by atoms with Gasteiger partial charge in [-0.2, -0.15) is 0 Å². The number of ketones is 1. The first-order valence-corrected chi connectivity index (χ1v) is 6.56. The van der Waals surface area contributed by atoms with E-state index in [9.17, 15) is 4.79 Å². The highest BCUT2D eigenvalue weighted by molar-refractivity contribution is 5.96. The molecule has 0 bridgehead atoms. The topological polar surface area (TPSA) is 48.0 Å². The van der Waals surface area contributed by atoms with Gasteiger partial charge in [-0.05, 0) is 18.2 Å². The molecule has 0 N–H and O–H groups in total. The molecule has 102 valence electrons. The standard InChI is InChI=1S/C14H17NO4/c16-12(3-4-15-5-7-17-8-6-15)11-1-2-13-14(9-11)19-10-18-13/h1-2,9H,3-8,10H2. The number of fused-ring (bicyclic) bond motifs is 1. The van der Waals surface area contributed by atoms with Crippen molar-refractivity contribution in [1.82, 2.24) is 4.90 Å². The van der Waals surface area contributed by atoms with Gasteiger partial charge in [-0.1, -0.05) is 0 Å². The van der Waals surface area contributed by atoms with E-state index in [4.69, 9.17) is 14.2 Å². The van der Waals surface area contributed by atoms with Crippen LogP contribution in [0, 0.1) is 0 Å². The van der Waals surface area contributed by atoms with E-state index < -0.39 is 0 Å². The van der Waals surface area contributed by atoms with Crippen molar-refractivity contribution >= 4 is 5.78 Å². The van der Waals surface area contributed by atoms with Crippen LogP contribution in [0.1, 0.15) is 16.8 Å². The molecule has 5 nitrogen and oxygen atoms in total. The number of ether oxygens (including phenoxy) is 3. The summed E-state index contributed by atoms with van der Waals surface area (Å²) in [6.45, 7) is 4.37. The number of carbonyl (C=O) groups excluding carboxylic acids is 1. The van der Waals surface area contributed by atoms with Crippen LogP contribution < -0.4 is 9.47 Å². The molecule has 2 heterocycles. The van der Waals surface area contributed by atoms with Crippen LogP contribution in [0.4, 0.5) is 0 Å². The van der Waals surface area contributed by atoms with Gasteiger partial charge >= 0.3 is 0 Å². The summed E-state index contributed by atoms with van der Waals surface area (Å²) in [5, 5.41) is 0. The van der Waals surface area contributed by atoms with Gasteiger partial charge in [-0.25, -0.2) is 0 Å². The molecule has 1 saturated heterocycles. The summed E-state index contributed by atoms with van der Waals surface area (Å²) in [4.78, 5) is 14.4. The van der Waals surface area contributed by atoms with E-state index in [0.29, 0.717) is 23.5 Å². The maximum absolute atomic E-state index is 12.1. The first-order valence-electron chi connectivity index (χ1n) is 6.56. The SMILES string of the molecule is O=C(CCN1CCOCC1)c1ccc2c(c1)OCO2. The van der Waals surface area contributed by atoms with Crippen molar-refractivity contribution in [2.75, 3.05) is 39.6 Å². The van der Waals surface area contributed by atoms with Gasteiger partial charge < -0.3 is 14.2 Å². The second kappa shape index (κ2) is 5.59. The number of Topliss-reactive ketones (excluding diaryl/α,β-unsaturated/α-hetero) is 1. The largest absolute Gasteiger partial charge is 0.454 e. The molecule has 0 aromatic heterocycles.